The standard InChI is InChI=1S/C13H15N7/c1-19-10-9-14-12(19)7-8-15-13-16-17-18-20(13)11-5-3-2-4-6-11/h2-6,9-10H,7-8H2,1H3,(H,15,16,18). The third kappa shape index (κ3) is 2.51. The molecule has 0 aliphatic heterocycles. The van der Waals surface area contributed by atoms with Crippen LogP contribution in [0, 0.1) is 0 Å². The van der Waals surface area contributed by atoms with Gasteiger partial charge in [-0.15, -0.1) is 0 Å². The summed E-state index contributed by atoms with van der Waals surface area (Å²) in [6, 6.07) is 9.78. The van der Waals surface area contributed by atoms with Crippen LogP contribution < -0.4 is 5.32 Å². The first kappa shape index (κ1) is 12.3. The second-order valence-corrected chi connectivity index (χ2v) is 4.38. The zero-order valence-corrected chi connectivity index (χ0v) is 11.1. The number of para-hydroxylation sites is 1. The Morgan fingerprint density at radius 2 is 2.05 bits per heavy atom. The SMILES string of the molecule is Cn1ccnc1CCNc1nnnn1-c1ccccc1. The number of imidazole rings is 1. The molecule has 1 aromatic carbocycles. The molecule has 0 saturated heterocycles. The Bertz CT molecular complexity index is 671. The van der Waals surface area contributed by atoms with Crippen molar-refractivity contribution in [3.05, 3.63) is 48.5 Å². The summed E-state index contributed by atoms with van der Waals surface area (Å²) in [6.45, 7) is 0.720. The smallest absolute Gasteiger partial charge is 0.247 e. The van der Waals surface area contributed by atoms with Crippen LogP contribution in [0.15, 0.2) is 42.7 Å². The molecule has 102 valence electrons. The molecule has 0 aliphatic rings. The summed E-state index contributed by atoms with van der Waals surface area (Å²) < 4.78 is 3.68. The van der Waals surface area contributed by atoms with Crippen LogP contribution in [0.1, 0.15) is 5.82 Å². The average molecular weight is 269 g/mol. The van der Waals surface area contributed by atoms with Crippen LogP contribution in [-0.2, 0) is 13.5 Å². The van der Waals surface area contributed by atoms with Gasteiger partial charge in [0.05, 0.1) is 5.69 Å². The zero-order valence-electron chi connectivity index (χ0n) is 11.1. The Hall–Kier alpha value is -2.70. The number of nitrogens with zero attached hydrogens (tertiary/aromatic N) is 6. The lowest BCUT2D eigenvalue weighted by Gasteiger charge is -2.06. The molecule has 0 spiro atoms. The highest BCUT2D eigenvalue weighted by Gasteiger charge is 2.07. The summed E-state index contributed by atoms with van der Waals surface area (Å²) in [7, 11) is 1.98. The number of tetrazole rings is 1. The summed E-state index contributed by atoms with van der Waals surface area (Å²) in [5, 5.41) is 14.9. The van der Waals surface area contributed by atoms with E-state index in [-0.39, 0.29) is 0 Å². The normalized spacial score (nSPS) is 10.7. The number of nitrogens with one attached hydrogen (secondary N) is 1. The highest BCUT2D eigenvalue weighted by atomic mass is 15.6. The van der Waals surface area contributed by atoms with Crippen molar-refractivity contribution in [2.24, 2.45) is 7.05 Å². The minimum absolute atomic E-state index is 0.630. The van der Waals surface area contributed by atoms with E-state index in [0.29, 0.717) is 5.95 Å². The number of benzene rings is 1. The fourth-order valence-electron chi connectivity index (χ4n) is 1.96. The van der Waals surface area contributed by atoms with Crippen LogP contribution in [0.25, 0.3) is 5.69 Å². The molecule has 3 aromatic rings. The first-order valence-electron chi connectivity index (χ1n) is 6.38. The molecule has 7 nitrogen and oxygen atoms in total. The molecule has 1 N–H and O–H groups in total. The second kappa shape index (κ2) is 5.52. The summed E-state index contributed by atoms with van der Waals surface area (Å²) in [5.74, 6) is 1.65. The molecule has 0 amide bonds. The molecule has 0 radical (unpaired) electrons. The maximum atomic E-state index is 4.28. The fraction of sp³-hybridized carbons (Fsp3) is 0.231. The van der Waals surface area contributed by atoms with Crippen LogP contribution in [0.2, 0.25) is 0 Å². The van der Waals surface area contributed by atoms with Crippen molar-refractivity contribution in [1.82, 2.24) is 29.8 Å². The van der Waals surface area contributed by atoms with Crippen LogP contribution in [0.4, 0.5) is 5.95 Å². The molecule has 0 unspecified atom stereocenters. The van der Waals surface area contributed by atoms with E-state index in [1.165, 1.54) is 0 Å². The average Bonchev–Trinajstić information content (AvgIpc) is 3.10. The van der Waals surface area contributed by atoms with Gasteiger partial charge in [-0.05, 0) is 22.6 Å². The van der Waals surface area contributed by atoms with E-state index in [2.05, 4.69) is 25.8 Å². The monoisotopic (exact) mass is 269 g/mol. The predicted molar refractivity (Wildman–Crippen MR) is 74.6 cm³/mol. The van der Waals surface area contributed by atoms with Crippen molar-refractivity contribution < 1.29 is 0 Å². The van der Waals surface area contributed by atoms with Gasteiger partial charge in [0.15, 0.2) is 0 Å². The van der Waals surface area contributed by atoms with E-state index in [1.54, 1.807) is 10.9 Å². The Morgan fingerprint density at radius 3 is 2.80 bits per heavy atom. The van der Waals surface area contributed by atoms with Gasteiger partial charge >= 0.3 is 0 Å². The first-order valence-corrected chi connectivity index (χ1v) is 6.38. The number of hydrogen-bond acceptors (Lipinski definition) is 5. The first-order chi connectivity index (χ1) is 9.84. The van der Waals surface area contributed by atoms with E-state index in [0.717, 1.165) is 24.5 Å². The van der Waals surface area contributed by atoms with Gasteiger partial charge in [-0.3, -0.25) is 0 Å². The van der Waals surface area contributed by atoms with Crippen molar-refractivity contribution in [2.45, 2.75) is 6.42 Å². The van der Waals surface area contributed by atoms with Crippen molar-refractivity contribution in [2.75, 3.05) is 11.9 Å². The summed E-state index contributed by atoms with van der Waals surface area (Å²) in [6.07, 6.45) is 4.54. The van der Waals surface area contributed by atoms with Crippen LogP contribution in [0.5, 0.6) is 0 Å². The molecule has 3 rings (SSSR count). The molecule has 0 aliphatic carbocycles. The zero-order chi connectivity index (χ0) is 13.8. The van der Waals surface area contributed by atoms with Gasteiger partial charge in [-0.2, -0.15) is 4.68 Å². The number of aromatic nitrogens is 6. The second-order valence-electron chi connectivity index (χ2n) is 4.38. The lowest BCUT2D eigenvalue weighted by molar-refractivity contribution is 0.775. The topological polar surface area (TPSA) is 73.5 Å². The number of anilines is 1. The number of rotatable bonds is 5. The lowest BCUT2D eigenvalue weighted by atomic mass is 10.3. The predicted octanol–water partition coefficient (Wildman–Crippen LogP) is 1.05. The number of hydrogen-bond donors (Lipinski definition) is 1. The molecule has 0 bridgehead atoms. The Labute approximate surface area is 116 Å². The van der Waals surface area contributed by atoms with Crippen molar-refractivity contribution in [3.8, 4) is 5.69 Å². The van der Waals surface area contributed by atoms with E-state index in [1.807, 2.05) is 48.1 Å². The molecular weight excluding hydrogens is 254 g/mol. The summed E-state index contributed by atoms with van der Waals surface area (Å²) >= 11 is 0. The Kier molecular flexibility index (Phi) is 3.40. The molecule has 7 heteroatoms. The maximum Gasteiger partial charge on any atom is 0.247 e. The highest BCUT2D eigenvalue weighted by molar-refractivity contribution is 5.38. The van der Waals surface area contributed by atoms with Gasteiger partial charge in [-0.25, -0.2) is 4.98 Å². The third-order valence-corrected chi connectivity index (χ3v) is 3.02. The minimum Gasteiger partial charge on any atom is -0.352 e. The van der Waals surface area contributed by atoms with Crippen molar-refractivity contribution in [1.29, 1.82) is 0 Å². The van der Waals surface area contributed by atoms with Crippen LogP contribution in [0.3, 0.4) is 0 Å². The lowest BCUT2D eigenvalue weighted by Crippen LogP contribution is -2.12. The quantitative estimate of drug-likeness (QED) is 0.749. The fourth-order valence-corrected chi connectivity index (χ4v) is 1.96. The Morgan fingerprint density at radius 1 is 1.20 bits per heavy atom. The Balaban J connectivity index is 1.67. The maximum absolute atomic E-state index is 4.28. The largest absolute Gasteiger partial charge is 0.352 e. The molecule has 0 fully saturated rings. The molecule has 2 heterocycles. The highest BCUT2D eigenvalue weighted by Crippen LogP contribution is 2.10. The van der Waals surface area contributed by atoms with E-state index in [9.17, 15) is 0 Å². The van der Waals surface area contributed by atoms with Gasteiger partial charge < -0.3 is 9.88 Å². The van der Waals surface area contributed by atoms with Crippen molar-refractivity contribution in [3.63, 3.8) is 0 Å². The van der Waals surface area contributed by atoms with Crippen molar-refractivity contribution >= 4 is 5.95 Å². The number of aryl methyl sites for hydroxylation is 1. The van der Waals surface area contributed by atoms with Gasteiger partial charge in [0.1, 0.15) is 5.82 Å². The van der Waals surface area contributed by atoms with Gasteiger partial charge in [-0.1, -0.05) is 23.3 Å². The molecular formula is C13H15N7. The van der Waals surface area contributed by atoms with Crippen LogP contribution in [-0.4, -0.2) is 36.3 Å². The molecule has 20 heavy (non-hydrogen) atoms. The molecule has 0 atom stereocenters. The van der Waals surface area contributed by atoms with Gasteiger partial charge in [0.2, 0.25) is 5.95 Å². The van der Waals surface area contributed by atoms with E-state index < -0.39 is 0 Å². The van der Waals surface area contributed by atoms with E-state index >= 15 is 0 Å². The molecule has 2 aromatic heterocycles. The van der Waals surface area contributed by atoms with Crippen LogP contribution >= 0.6 is 0 Å². The summed E-state index contributed by atoms with van der Waals surface area (Å²) in [5.41, 5.74) is 0.928. The summed E-state index contributed by atoms with van der Waals surface area (Å²) in [4.78, 5) is 4.28. The third-order valence-electron chi connectivity index (χ3n) is 3.02. The van der Waals surface area contributed by atoms with Gasteiger partial charge in [0.25, 0.3) is 0 Å². The van der Waals surface area contributed by atoms with Gasteiger partial charge in [0, 0.05) is 32.4 Å². The van der Waals surface area contributed by atoms with E-state index in [4.69, 9.17) is 0 Å². The minimum atomic E-state index is 0.630. The molecule has 0 saturated carbocycles.